The van der Waals surface area contributed by atoms with Crippen LogP contribution in [0.4, 0.5) is 0 Å². The smallest absolute Gasteiger partial charge is 0.236 e. The van der Waals surface area contributed by atoms with E-state index in [2.05, 4.69) is 14.9 Å². The van der Waals surface area contributed by atoms with Crippen LogP contribution in [-0.2, 0) is 6.54 Å². The van der Waals surface area contributed by atoms with Gasteiger partial charge in [0.05, 0.1) is 7.11 Å². The molecule has 1 aromatic heterocycles. The fraction of sp³-hybridized carbons (Fsp3) is 0.667. The Morgan fingerprint density at radius 2 is 2.00 bits per heavy atom. The Bertz CT molecular complexity index is 356. The van der Waals surface area contributed by atoms with Gasteiger partial charge in [0.25, 0.3) is 0 Å². The van der Waals surface area contributed by atoms with Crippen molar-refractivity contribution < 1.29 is 4.74 Å². The summed E-state index contributed by atoms with van der Waals surface area (Å²) in [6.45, 7) is 3.79. The summed E-state index contributed by atoms with van der Waals surface area (Å²) in [4.78, 5) is 10.9. The van der Waals surface area contributed by atoms with E-state index in [-0.39, 0.29) is 12.4 Å². The van der Waals surface area contributed by atoms with Crippen molar-refractivity contribution in [1.82, 2.24) is 14.9 Å². The molecule has 0 saturated carbocycles. The molecule has 18 heavy (non-hydrogen) atoms. The highest BCUT2D eigenvalue weighted by Gasteiger charge is 2.19. The second-order valence-electron chi connectivity index (χ2n) is 4.47. The third-order valence-corrected chi connectivity index (χ3v) is 3.34. The van der Waals surface area contributed by atoms with Gasteiger partial charge < -0.3 is 10.5 Å². The topological polar surface area (TPSA) is 64.3 Å². The van der Waals surface area contributed by atoms with Gasteiger partial charge in [0, 0.05) is 18.9 Å². The summed E-state index contributed by atoms with van der Waals surface area (Å²) < 4.78 is 5.21. The first kappa shape index (κ1) is 15.1. The molecule has 2 heterocycles. The fourth-order valence-corrected chi connectivity index (χ4v) is 2.23. The van der Waals surface area contributed by atoms with Gasteiger partial charge in [-0.15, -0.1) is 12.4 Å². The van der Waals surface area contributed by atoms with Crippen LogP contribution >= 0.6 is 12.4 Å². The Kier molecular flexibility index (Phi) is 6.32. The van der Waals surface area contributed by atoms with E-state index < -0.39 is 0 Å². The van der Waals surface area contributed by atoms with E-state index >= 15 is 0 Å². The second kappa shape index (κ2) is 7.51. The van der Waals surface area contributed by atoms with Gasteiger partial charge in [0.2, 0.25) is 5.88 Å². The normalized spacial score (nSPS) is 17.2. The minimum absolute atomic E-state index is 0. The van der Waals surface area contributed by atoms with E-state index in [9.17, 15) is 0 Å². The van der Waals surface area contributed by atoms with Crippen molar-refractivity contribution in [3.05, 3.63) is 18.1 Å². The summed E-state index contributed by atoms with van der Waals surface area (Å²) in [6, 6.07) is 0. The number of likely N-dealkylation sites (tertiary alicyclic amines) is 1. The van der Waals surface area contributed by atoms with E-state index in [4.69, 9.17) is 10.5 Å². The molecule has 1 fully saturated rings. The second-order valence-corrected chi connectivity index (χ2v) is 4.47. The Labute approximate surface area is 114 Å². The van der Waals surface area contributed by atoms with Gasteiger partial charge in [-0.25, -0.2) is 4.98 Å². The van der Waals surface area contributed by atoms with Gasteiger partial charge >= 0.3 is 0 Å². The van der Waals surface area contributed by atoms with Crippen molar-refractivity contribution in [2.75, 3.05) is 26.7 Å². The lowest BCUT2D eigenvalue weighted by Crippen LogP contribution is -2.35. The lowest BCUT2D eigenvalue weighted by molar-refractivity contribution is 0.176. The Hall–Kier alpha value is -0.910. The van der Waals surface area contributed by atoms with Crippen LogP contribution in [0.2, 0.25) is 0 Å². The average Bonchev–Trinajstić information content (AvgIpc) is 2.40. The third kappa shape index (κ3) is 3.80. The van der Waals surface area contributed by atoms with Gasteiger partial charge in [-0.05, 0) is 38.4 Å². The summed E-state index contributed by atoms with van der Waals surface area (Å²) in [7, 11) is 1.63. The number of nitrogens with zero attached hydrogens (tertiary/aromatic N) is 3. The molecule has 0 aromatic carbocycles. The van der Waals surface area contributed by atoms with Gasteiger partial charge in [0.1, 0.15) is 5.69 Å². The first-order chi connectivity index (χ1) is 8.33. The van der Waals surface area contributed by atoms with Crippen LogP contribution in [-0.4, -0.2) is 41.6 Å². The van der Waals surface area contributed by atoms with Crippen LogP contribution in [0.25, 0.3) is 0 Å². The Morgan fingerprint density at radius 3 is 2.61 bits per heavy atom. The first-order valence-electron chi connectivity index (χ1n) is 6.09. The van der Waals surface area contributed by atoms with Crippen LogP contribution in [0.5, 0.6) is 5.88 Å². The van der Waals surface area contributed by atoms with Gasteiger partial charge in [-0.2, -0.15) is 0 Å². The molecule has 0 aliphatic carbocycles. The summed E-state index contributed by atoms with van der Waals surface area (Å²) in [5.74, 6) is 1.32. The monoisotopic (exact) mass is 272 g/mol. The number of hydrogen-bond acceptors (Lipinski definition) is 5. The fourth-order valence-electron chi connectivity index (χ4n) is 2.23. The molecule has 2 N–H and O–H groups in total. The van der Waals surface area contributed by atoms with E-state index in [0.717, 1.165) is 31.9 Å². The van der Waals surface area contributed by atoms with Crippen LogP contribution in [0, 0.1) is 5.92 Å². The number of piperidine rings is 1. The zero-order valence-corrected chi connectivity index (χ0v) is 11.5. The van der Waals surface area contributed by atoms with Gasteiger partial charge in [-0.1, -0.05) is 0 Å². The molecular formula is C12H21ClN4O. The van der Waals surface area contributed by atoms with E-state index in [1.807, 2.05) is 0 Å². The summed E-state index contributed by atoms with van der Waals surface area (Å²) in [6.07, 6.45) is 5.73. The number of hydrogen-bond donors (Lipinski definition) is 1. The maximum Gasteiger partial charge on any atom is 0.236 e. The van der Waals surface area contributed by atoms with Gasteiger partial charge in [0.15, 0.2) is 0 Å². The summed E-state index contributed by atoms with van der Waals surface area (Å²) in [5, 5.41) is 0. The summed E-state index contributed by atoms with van der Waals surface area (Å²) >= 11 is 0. The molecule has 2 rings (SSSR count). The van der Waals surface area contributed by atoms with Crippen LogP contribution in [0.15, 0.2) is 12.4 Å². The number of halogens is 1. The van der Waals surface area contributed by atoms with Gasteiger partial charge in [-0.3, -0.25) is 9.88 Å². The molecule has 1 saturated heterocycles. The molecule has 0 atom stereocenters. The minimum atomic E-state index is 0. The molecule has 0 radical (unpaired) electrons. The predicted octanol–water partition coefficient (Wildman–Crippen LogP) is 1.08. The number of aromatic nitrogens is 2. The van der Waals surface area contributed by atoms with Crippen LogP contribution in [0.1, 0.15) is 18.5 Å². The maximum absolute atomic E-state index is 5.69. The number of rotatable bonds is 4. The number of ether oxygens (including phenoxy) is 1. The minimum Gasteiger partial charge on any atom is -0.480 e. The van der Waals surface area contributed by atoms with Crippen molar-refractivity contribution >= 4 is 12.4 Å². The van der Waals surface area contributed by atoms with E-state index in [1.165, 1.54) is 12.8 Å². The highest BCUT2D eigenvalue weighted by molar-refractivity contribution is 5.85. The molecule has 1 aliphatic rings. The largest absolute Gasteiger partial charge is 0.480 e. The number of nitrogens with two attached hydrogens (primary N) is 1. The molecule has 102 valence electrons. The van der Waals surface area contributed by atoms with Crippen LogP contribution < -0.4 is 10.5 Å². The van der Waals surface area contributed by atoms with Crippen molar-refractivity contribution in [3.63, 3.8) is 0 Å². The molecule has 1 aromatic rings. The maximum atomic E-state index is 5.69. The van der Waals surface area contributed by atoms with E-state index in [0.29, 0.717) is 11.8 Å². The third-order valence-electron chi connectivity index (χ3n) is 3.34. The molecule has 0 bridgehead atoms. The van der Waals surface area contributed by atoms with E-state index in [1.54, 1.807) is 19.5 Å². The lowest BCUT2D eigenvalue weighted by atomic mass is 9.97. The summed E-state index contributed by atoms with van der Waals surface area (Å²) in [5.41, 5.74) is 6.60. The highest BCUT2D eigenvalue weighted by Crippen LogP contribution is 2.19. The average molecular weight is 273 g/mol. The quantitative estimate of drug-likeness (QED) is 0.889. The zero-order chi connectivity index (χ0) is 12.1. The van der Waals surface area contributed by atoms with Crippen molar-refractivity contribution in [3.8, 4) is 5.88 Å². The number of methoxy groups -OCH3 is 1. The van der Waals surface area contributed by atoms with Crippen molar-refractivity contribution in [2.24, 2.45) is 11.7 Å². The standard InChI is InChI=1S/C12H20N4O.ClH/c1-17-12-11(14-4-5-15-12)9-16-6-2-10(8-13)3-7-16;/h4-5,10H,2-3,6-9,13H2,1H3;1H. The molecule has 0 spiro atoms. The Morgan fingerprint density at radius 1 is 1.33 bits per heavy atom. The predicted molar refractivity (Wildman–Crippen MR) is 72.9 cm³/mol. The lowest BCUT2D eigenvalue weighted by Gasteiger charge is -2.31. The molecule has 0 unspecified atom stereocenters. The highest BCUT2D eigenvalue weighted by atomic mass is 35.5. The Balaban J connectivity index is 0.00000162. The molecule has 1 aliphatic heterocycles. The molecule has 0 amide bonds. The molecule has 6 heteroatoms. The van der Waals surface area contributed by atoms with Crippen molar-refractivity contribution in [1.29, 1.82) is 0 Å². The SMILES string of the molecule is COc1nccnc1CN1CCC(CN)CC1.Cl. The zero-order valence-electron chi connectivity index (χ0n) is 10.7. The molecular weight excluding hydrogens is 252 g/mol. The first-order valence-corrected chi connectivity index (χ1v) is 6.09. The molecule has 5 nitrogen and oxygen atoms in total. The van der Waals surface area contributed by atoms with Crippen molar-refractivity contribution in [2.45, 2.75) is 19.4 Å². The van der Waals surface area contributed by atoms with Crippen LogP contribution in [0.3, 0.4) is 0 Å².